The van der Waals surface area contributed by atoms with Crippen LogP contribution < -0.4 is 0 Å². The molecule has 1 aliphatic rings. The van der Waals surface area contributed by atoms with E-state index in [0.29, 0.717) is 5.92 Å². The highest BCUT2D eigenvalue weighted by Crippen LogP contribution is 2.32. The van der Waals surface area contributed by atoms with Crippen molar-refractivity contribution in [1.29, 1.82) is 0 Å². The molecule has 0 aromatic carbocycles. The van der Waals surface area contributed by atoms with Gasteiger partial charge < -0.3 is 0 Å². The Bertz CT molecular complexity index is 426. The topological polar surface area (TPSA) is 41.6 Å². The van der Waals surface area contributed by atoms with Crippen molar-refractivity contribution in [3.05, 3.63) is 22.7 Å². The number of nitrogens with one attached hydrogen (secondary N) is 1. The molecule has 2 heterocycles. The van der Waals surface area contributed by atoms with Gasteiger partial charge in [0.2, 0.25) is 0 Å². The quantitative estimate of drug-likeness (QED) is 0.842. The molecule has 78 valence electrons. The molecule has 3 nitrogen and oxygen atoms in total. The minimum Gasteiger partial charge on any atom is -0.262 e. The molecule has 4 heteroatoms. The molecule has 1 saturated carbocycles. The zero-order valence-corrected chi connectivity index (χ0v) is 9.26. The lowest BCUT2D eigenvalue weighted by atomic mass is 10.1. The van der Waals surface area contributed by atoms with Crippen molar-refractivity contribution in [2.75, 3.05) is 0 Å². The van der Waals surface area contributed by atoms with E-state index in [-0.39, 0.29) is 0 Å². The number of hydrogen-bond donors (Lipinski definition) is 1. The summed E-state index contributed by atoms with van der Waals surface area (Å²) in [5, 5.41) is 11.5. The highest BCUT2D eigenvalue weighted by atomic mass is 32.1. The van der Waals surface area contributed by atoms with Gasteiger partial charge in [0.25, 0.3) is 0 Å². The van der Waals surface area contributed by atoms with Gasteiger partial charge in [0, 0.05) is 16.9 Å². The van der Waals surface area contributed by atoms with Crippen LogP contribution in [0.25, 0.3) is 11.4 Å². The summed E-state index contributed by atoms with van der Waals surface area (Å²) in [6.07, 6.45) is 5.19. The Morgan fingerprint density at radius 1 is 1.33 bits per heavy atom. The third-order valence-electron chi connectivity index (χ3n) is 3.02. The van der Waals surface area contributed by atoms with Crippen LogP contribution in [0.15, 0.2) is 16.8 Å². The molecule has 1 fully saturated rings. The average Bonchev–Trinajstić information content (AvgIpc) is 3.02. The summed E-state index contributed by atoms with van der Waals surface area (Å²) in [7, 11) is 0. The molecule has 0 spiro atoms. The van der Waals surface area contributed by atoms with E-state index in [0.717, 1.165) is 17.2 Å². The van der Waals surface area contributed by atoms with E-state index >= 15 is 0 Å². The molecule has 0 amide bonds. The fourth-order valence-electron chi connectivity index (χ4n) is 2.18. The summed E-state index contributed by atoms with van der Waals surface area (Å²) < 4.78 is 0. The molecule has 0 aliphatic heterocycles. The van der Waals surface area contributed by atoms with Crippen molar-refractivity contribution in [3.8, 4) is 11.4 Å². The van der Waals surface area contributed by atoms with Gasteiger partial charge >= 0.3 is 0 Å². The second kappa shape index (κ2) is 3.77. The van der Waals surface area contributed by atoms with E-state index in [4.69, 9.17) is 0 Å². The van der Waals surface area contributed by atoms with E-state index in [9.17, 15) is 0 Å². The van der Waals surface area contributed by atoms with Gasteiger partial charge in [-0.1, -0.05) is 12.8 Å². The third-order valence-corrected chi connectivity index (χ3v) is 3.71. The maximum atomic E-state index is 4.57. The maximum Gasteiger partial charge on any atom is 0.181 e. The normalized spacial score (nSPS) is 17.3. The van der Waals surface area contributed by atoms with Crippen molar-refractivity contribution in [2.45, 2.75) is 31.6 Å². The van der Waals surface area contributed by atoms with E-state index in [1.807, 2.05) is 0 Å². The Labute approximate surface area is 92.6 Å². The highest BCUT2D eigenvalue weighted by Gasteiger charge is 2.20. The van der Waals surface area contributed by atoms with Gasteiger partial charge in [-0.05, 0) is 24.3 Å². The second-order valence-electron chi connectivity index (χ2n) is 4.04. The molecule has 2 aromatic heterocycles. The van der Waals surface area contributed by atoms with Crippen LogP contribution in [0.1, 0.15) is 37.4 Å². The van der Waals surface area contributed by atoms with E-state index in [1.165, 1.54) is 25.7 Å². The molecule has 3 rings (SSSR count). The molecule has 15 heavy (non-hydrogen) atoms. The molecule has 0 unspecified atom stereocenters. The number of hydrogen-bond acceptors (Lipinski definition) is 3. The summed E-state index contributed by atoms with van der Waals surface area (Å²) in [5.74, 6) is 2.54. The monoisotopic (exact) mass is 219 g/mol. The second-order valence-corrected chi connectivity index (χ2v) is 4.82. The van der Waals surface area contributed by atoms with Crippen LogP contribution in [-0.2, 0) is 0 Å². The Morgan fingerprint density at radius 3 is 2.93 bits per heavy atom. The van der Waals surface area contributed by atoms with Gasteiger partial charge in [-0.3, -0.25) is 5.10 Å². The summed E-state index contributed by atoms with van der Waals surface area (Å²) in [6, 6.07) is 2.06. The number of thiophene rings is 1. The van der Waals surface area contributed by atoms with E-state index < -0.39 is 0 Å². The Morgan fingerprint density at radius 2 is 2.20 bits per heavy atom. The number of aromatic nitrogens is 3. The van der Waals surface area contributed by atoms with Gasteiger partial charge in [0.05, 0.1) is 0 Å². The summed E-state index contributed by atoms with van der Waals surface area (Å²) in [4.78, 5) is 4.57. The van der Waals surface area contributed by atoms with E-state index in [2.05, 4.69) is 32.0 Å². The van der Waals surface area contributed by atoms with E-state index in [1.54, 1.807) is 11.3 Å². The average molecular weight is 219 g/mol. The predicted octanol–water partition coefficient (Wildman–Crippen LogP) is 3.19. The molecule has 2 aromatic rings. The summed E-state index contributed by atoms with van der Waals surface area (Å²) >= 11 is 1.68. The predicted molar refractivity (Wildman–Crippen MR) is 60.9 cm³/mol. The molecule has 0 atom stereocenters. The Hall–Kier alpha value is -1.16. The number of H-pyrrole nitrogens is 1. The summed E-state index contributed by atoms with van der Waals surface area (Å²) in [6.45, 7) is 0. The van der Waals surface area contributed by atoms with Crippen molar-refractivity contribution in [2.24, 2.45) is 0 Å². The molecular formula is C11H13N3S. The first-order valence-electron chi connectivity index (χ1n) is 5.38. The van der Waals surface area contributed by atoms with Gasteiger partial charge in [-0.2, -0.15) is 16.4 Å². The standard InChI is InChI=1S/C11H13N3S/c1-2-4-8(3-1)10-12-11(14-13-10)9-5-6-15-7-9/h5-8H,1-4H2,(H,12,13,14). The number of aromatic amines is 1. The van der Waals surface area contributed by atoms with Gasteiger partial charge in [-0.15, -0.1) is 0 Å². The van der Waals surface area contributed by atoms with Gasteiger partial charge in [-0.25, -0.2) is 4.98 Å². The van der Waals surface area contributed by atoms with Gasteiger partial charge in [0.15, 0.2) is 5.82 Å². The smallest absolute Gasteiger partial charge is 0.181 e. The molecule has 1 aliphatic carbocycles. The SMILES string of the molecule is c1cc(-c2n[nH]c(C3CCCC3)n2)cs1. The maximum absolute atomic E-state index is 4.57. The highest BCUT2D eigenvalue weighted by molar-refractivity contribution is 7.08. The van der Waals surface area contributed by atoms with Crippen LogP contribution in [0.2, 0.25) is 0 Å². The van der Waals surface area contributed by atoms with Crippen LogP contribution in [0.3, 0.4) is 0 Å². The third kappa shape index (κ3) is 1.69. The fourth-order valence-corrected chi connectivity index (χ4v) is 2.81. The minimum atomic E-state index is 0.616. The molecule has 0 saturated heterocycles. The lowest BCUT2D eigenvalue weighted by Gasteiger charge is -2.01. The van der Waals surface area contributed by atoms with Crippen LogP contribution in [0.5, 0.6) is 0 Å². The van der Waals surface area contributed by atoms with Crippen LogP contribution in [0, 0.1) is 0 Å². The first-order chi connectivity index (χ1) is 7.43. The lowest BCUT2D eigenvalue weighted by Crippen LogP contribution is -1.94. The minimum absolute atomic E-state index is 0.616. The molecular weight excluding hydrogens is 206 g/mol. The van der Waals surface area contributed by atoms with Crippen LogP contribution in [0.4, 0.5) is 0 Å². The Balaban J connectivity index is 1.87. The zero-order chi connectivity index (χ0) is 10.1. The molecule has 0 radical (unpaired) electrons. The summed E-state index contributed by atoms with van der Waals surface area (Å²) in [5.41, 5.74) is 1.13. The van der Waals surface area contributed by atoms with Gasteiger partial charge in [0.1, 0.15) is 5.82 Å². The Kier molecular flexibility index (Phi) is 2.29. The van der Waals surface area contributed by atoms with Crippen molar-refractivity contribution in [1.82, 2.24) is 15.2 Å². The largest absolute Gasteiger partial charge is 0.262 e. The van der Waals surface area contributed by atoms with Crippen molar-refractivity contribution < 1.29 is 0 Å². The number of rotatable bonds is 2. The molecule has 0 bridgehead atoms. The fraction of sp³-hybridized carbons (Fsp3) is 0.455. The zero-order valence-electron chi connectivity index (χ0n) is 8.44. The first-order valence-corrected chi connectivity index (χ1v) is 6.32. The lowest BCUT2D eigenvalue weighted by molar-refractivity contribution is 0.672. The first kappa shape index (κ1) is 9.09. The van der Waals surface area contributed by atoms with Crippen molar-refractivity contribution in [3.63, 3.8) is 0 Å². The van der Waals surface area contributed by atoms with Crippen LogP contribution >= 0.6 is 11.3 Å². The number of nitrogens with zero attached hydrogens (tertiary/aromatic N) is 2. The van der Waals surface area contributed by atoms with Crippen LogP contribution in [-0.4, -0.2) is 15.2 Å². The molecule has 1 N–H and O–H groups in total. The van der Waals surface area contributed by atoms with Crippen molar-refractivity contribution >= 4 is 11.3 Å².